The molecule has 0 amide bonds. The molecule has 0 aliphatic rings. The second-order valence-corrected chi connectivity index (χ2v) is 6.61. The minimum Gasteiger partial charge on any atom is -0.466 e. The molecule has 0 spiro atoms. The van der Waals surface area contributed by atoms with Crippen LogP contribution in [0.25, 0.3) is 0 Å². The second kappa shape index (κ2) is 11.2. The zero-order valence-corrected chi connectivity index (χ0v) is 16.8. The predicted octanol–water partition coefficient (Wildman–Crippen LogP) is 3.82. The van der Waals surface area contributed by atoms with Crippen LogP contribution in [0.15, 0.2) is 60.7 Å². The number of hydrogen-bond donors (Lipinski definition) is 0. The van der Waals surface area contributed by atoms with Crippen molar-refractivity contribution in [2.24, 2.45) is 5.92 Å². The summed E-state index contributed by atoms with van der Waals surface area (Å²) in [5, 5.41) is 0. The average Bonchev–Trinajstić information content (AvgIpc) is 2.70. The first-order valence-electron chi connectivity index (χ1n) is 9.72. The van der Waals surface area contributed by atoms with Crippen LogP contribution in [0.5, 0.6) is 0 Å². The Labute approximate surface area is 167 Å². The van der Waals surface area contributed by atoms with Crippen molar-refractivity contribution in [1.82, 2.24) is 4.90 Å². The fourth-order valence-corrected chi connectivity index (χ4v) is 3.19. The summed E-state index contributed by atoms with van der Waals surface area (Å²) in [6.45, 7) is 6.82. The quantitative estimate of drug-likeness (QED) is 0.584. The van der Waals surface area contributed by atoms with Crippen LogP contribution in [0.3, 0.4) is 0 Å². The van der Waals surface area contributed by atoms with Gasteiger partial charge in [0, 0.05) is 13.1 Å². The second-order valence-electron chi connectivity index (χ2n) is 6.61. The zero-order chi connectivity index (χ0) is 20.4. The number of ether oxygens (including phenoxy) is 2. The summed E-state index contributed by atoms with van der Waals surface area (Å²) < 4.78 is 10.5. The minimum absolute atomic E-state index is 0.259. The molecule has 150 valence electrons. The van der Waals surface area contributed by atoms with Gasteiger partial charge >= 0.3 is 11.9 Å². The fraction of sp³-hybridized carbons (Fsp3) is 0.391. The third-order valence-corrected chi connectivity index (χ3v) is 4.51. The number of carbonyl (C=O) groups excluding carboxylic acids is 2. The lowest BCUT2D eigenvalue weighted by molar-refractivity contribution is -0.162. The van der Waals surface area contributed by atoms with E-state index in [1.165, 1.54) is 0 Å². The Morgan fingerprint density at radius 3 is 1.64 bits per heavy atom. The molecule has 0 heterocycles. The van der Waals surface area contributed by atoms with Gasteiger partial charge in [-0.1, -0.05) is 60.7 Å². The zero-order valence-electron chi connectivity index (χ0n) is 16.8. The number of nitrogens with zero attached hydrogens (tertiary/aromatic N) is 1. The maximum Gasteiger partial charge on any atom is 0.324 e. The maximum atomic E-state index is 12.8. The highest BCUT2D eigenvalue weighted by Gasteiger charge is 2.37. The highest BCUT2D eigenvalue weighted by molar-refractivity contribution is 5.84. The number of benzene rings is 2. The van der Waals surface area contributed by atoms with E-state index in [4.69, 9.17) is 9.47 Å². The molecule has 2 atom stereocenters. The Hall–Kier alpha value is -2.66. The smallest absolute Gasteiger partial charge is 0.324 e. The molecule has 0 saturated carbocycles. The van der Waals surface area contributed by atoms with Crippen molar-refractivity contribution < 1.29 is 19.1 Å². The molecule has 0 aromatic heterocycles. The Bertz CT molecular complexity index is 691. The highest BCUT2D eigenvalue weighted by Crippen LogP contribution is 2.21. The molecule has 0 saturated heterocycles. The van der Waals surface area contributed by atoms with Gasteiger partial charge in [-0.3, -0.25) is 14.5 Å². The van der Waals surface area contributed by atoms with Crippen LogP contribution < -0.4 is 0 Å². The van der Waals surface area contributed by atoms with E-state index in [2.05, 4.69) is 0 Å². The Balaban J connectivity index is 2.37. The summed E-state index contributed by atoms with van der Waals surface area (Å²) >= 11 is 0. The van der Waals surface area contributed by atoms with Crippen LogP contribution >= 0.6 is 0 Å². The fourth-order valence-electron chi connectivity index (χ4n) is 3.19. The van der Waals surface area contributed by atoms with Crippen LogP contribution in [0.1, 0.15) is 31.9 Å². The van der Waals surface area contributed by atoms with Gasteiger partial charge in [-0.25, -0.2) is 0 Å². The maximum absolute atomic E-state index is 12.8. The molecule has 0 radical (unpaired) electrons. The van der Waals surface area contributed by atoms with Crippen LogP contribution in [0, 0.1) is 5.92 Å². The van der Waals surface area contributed by atoms with Gasteiger partial charge in [0.25, 0.3) is 0 Å². The number of carbonyl (C=O) groups is 2. The normalized spacial score (nSPS) is 13.0. The van der Waals surface area contributed by atoms with Gasteiger partial charge in [0.15, 0.2) is 0 Å². The molecule has 2 rings (SSSR count). The van der Waals surface area contributed by atoms with Crippen molar-refractivity contribution in [1.29, 1.82) is 0 Å². The lowest BCUT2D eigenvalue weighted by Crippen LogP contribution is -2.48. The molecule has 2 aromatic carbocycles. The summed E-state index contributed by atoms with van der Waals surface area (Å²) in [7, 11) is 0. The largest absolute Gasteiger partial charge is 0.466 e. The van der Waals surface area contributed by atoms with Gasteiger partial charge in [-0.05, 0) is 31.9 Å². The van der Waals surface area contributed by atoms with E-state index in [0.29, 0.717) is 13.1 Å². The first-order chi connectivity index (χ1) is 13.6. The summed E-state index contributed by atoms with van der Waals surface area (Å²) in [5.41, 5.74) is 2.12. The SMILES string of the molecule is CCOC(=O)[C@@H](C)[C@H](C(=O)OCC)N(Cc1ccccc1)Cc1ccccc1. The molecule has 5 nitrogen and oxygen atoms in total. The average molecular weight is 383 g/mol. The number of hydrogen-bond acceptors (Lipinski definition) is 5. The summed E-state index contributed by atoms with van der Waals surface area (Å²) in [6.07, 6.45) is 0. The molecule has 0 aliphatic carbocycles. The third-order valence-electron chi connectivity index (χ3n) is 4.51. The van der Waals surface area contributed by atoms with Crippen LogP contribution in [-0.4, -0.2) is 36.1 Å². The van der Waals surface area contributed by atoms with Gasteiger partial charge in [0.2, 0.25) is 0 Å². The van der Waals surface area contributed by atoms with Crippen molar-refractivity contribution >= 4 is 11.9 Å². The van der Waals surface area contributed by atoms with E-state index in [-0.39, 0.29) is 13.2 Å². The van der Waals surface area contributed by atoms with Crippen molar-refractivity contribution in [3.8, 4) is 0 Å². The summed E-state index contributed by atoms with van der Waals surface area (Å²) in [4.78, 5) is 27.3. The molecular formula is C23H29NO4. The monoisotopic (exact) mass is 383 g/mol. The van der Waals surface area contributed by atoms with E-state index in [9.17, 15) is 9.59 Å². The Morgan fingerprint density at radius 2 is 1.21 bits per heavy atom. The standard InChI is InChI=1S/C23H29NO4/c1-4-27-22(25)18(3)21(23(26)28-5-2)24(16-19-12-8-6-9-13-19)17-20-14-10-7-11-15-20/h6-15,18,21H,4-5,16-17H2,1-3H3/t18-,21+/m0/s1. The Kier molecular flexibility index (Phi) is 8.69. The molecule has 2 aromatic rings. The summed E-state index contributed by atoms with van der Waals surface area (Å²) in [6, 6.07) is 19.1. The van der Waals surface area contributed by atoms with Gasteiger partial charge in [-0.2, -0.15) is 0 Å². The van der Waals surface area contributed by atoms with E-state index in [1.54, 1.807) is 20.8 Å². The molecule has 0 aliphatic heterocycles. The molecule has 0 unspecified atom stereocenters. The topological polar surface area (TPSA) is 55.8 Å². The molecule has 28 heavy (non-hydrogen) atoms. The van der Waals surface area contributed by atoms with E-state index in [0.717, 1.165) is 11.1 Å². The summed E-state index contributed by atoms with van der Waals surface area (Å²) in [5.74, 6) is -1.45. The van der Waals surface area contributed by atoms with Crippen LogP contribution in [0.4, 0.5) is 0 Å². The molecule has 0 fully saturated rings. The van der Waals surface area contributed by atoms with E-state index < -0.39 is 23.9 Å². The molecule has 0 bridgehead atoms. The number of rotatable bonds is 10. The first-order valence-corrected chi connectivity index (χ1v) is 9.72. The van der Waals surface area contributed by atoms with Crippen LogP contribution in [-0.2, 0) is 32.2 Å². The van der Waals surface area contributed by atoms with E-state index >= 15 is 0 Å². The van der Waals surface area contributed by atoms with Crippen molar-refractivity contribution in [3.05, 3.63) is 71.8 Å². The molecular weight excluding hydrogens is 354 g/mol. The Morgan fingerprint density at radius 1 is 0.786 bits per heavy atom. The van der Waals surface area contributed by atoms with Gasteiger partial charge in [0.05, 0.1) is 19.1 Å². The van der Waals surface area contributed by atoms with Crippen molar-refractivity contribution in [2.75, 3.05) is 13.2 Å². The lowest BCUT2D eigenvalue weighted by atomic mass is 9.98. The van der Waals surface area contributed by atoms with Gasteiger partial charge < -0.3 is 9.47 Å². The van der Waals surface area contributed by atoms with Gasteiger partial charge in [-0.15, -0.1) is 0 Å². The first kappa shape index (κ1) is 21.6. The minimum atomic E-state index is -0.737. The van der Waals surface area contributed by atoms with Crippen molar-refractivity contribution in [3.63, 3.8) is 0 Å². The highest BCUT2D eigenvalue weighted by atomic mass is 16.5. The van der Waals surface area contributed by atoms with E-state index in [1.807, 2.05) is 65.6 Å². The molecule has 0 N–H and O–H groups in total. The van der Waals surface area contributed by atoms with Crippen molar-refractivity contribution in [2.45, 2.75) is 39.9 Å². The molecule has 5 heteroatoms. The van der Waals surface area contributed by atoms with Crippen LogP contribution in [0.2, 0.25) is 0 Å². The predicted molar refractivity (Wildman–Crippen MR) is 108 cm³/mol. The van der Waals surface area contributed by atoms with Gasteiger partial charge in [0.1, 0.15) is 6.04 Å². The lowest BCUT2D eigenvalue weighted by Gasteiger charge is -2.33. The number of esters is 2. The third kappa shape index (κ3) is 6.20.